The van der Waals surface area contributed by atoms with E-state index in [1.54, 1.807) is 0 Å². The number of aromatic nitrogens is 1. The number of rotatable bonds is 1. The molecule has 5 heteroatoms. The van der Waals surface area contributed by atoms with Gasteiger partial charge in [-0.05, 0) is 25.0 Å². The number of aliphatic carboxylic acids is 1. The maximum atomic E-state index is 11.1. The fraction of sp³-hybridized carbons (Fsp3) is 0.357. The van der Waals surface area contributed by atoms with Crippen molar-refractivity contribution >= 4 is 28.5 Å². The van der Waals surface area contributed by atoms with Crippen LogP contribution in [0.15, 0.2) is 12.1 Å². The van der Waals surface area contributed by atoms with E-state index in [4.69, 9.17) is 16.7 Å². The molecule has 3 rings (SSSR count). The molecule has 0 saturated heterocycles. The third-order valence-electron chi connectivity index (χ3n) is 3.93. The molecule has 0 fully saturated rings. The lowest BCUT2D eigenvalue weighted by atomic mass is 9.85. The first-order valence-corrected chi connectivity index (χ1v) is 6.57. The molecular weight excluding hydrogens is 266 g/mol. The number of aromatic amines is 1. The van der Waals surface area contributed by atoms with E-state index in [0.29, 0.717) is 11.4 Å². The van der Waals surface area contributed by atoms with E-state index in [9.17, 15) is 9.90 Å². The standard InChI is InChI=1S/C14H14ClNO3/c1-6-9(15)3-2-8-12-10(16-13(6)8)4-7(14(18)19)5-11(12)17/h2-3,7,11,16-17H,4-5H2,1H3,(H,18,19). The summed E-state index contributed by atoms with van der Waals surface area (Å²) in [5, 5.41) is 20.9. The highest BCUT2D eigenvalue weighted by Gasteiger charge is 2.33. The first-order valence-electron chi connectivity index (χ1n) is 6.19. The molecule has 0 amide bonds. The molecule has 1 heterocycles. The summed E-state index contributed by atoms with van der Waals surface area (Å²) in [5.41, 5.74) is 3.45. The van der Waals surface area contributed by atoms with Crippen molar-refractivity contribution in [2.75, 3.05) is 0 Å². The van der Waals surface area contributed by atoms with Gasteiger partial charge in [0, 0.05) is 28.1 Å². The third kappa shape index (κ3) is 1.83. The first kappa shape index (κ1) is 12.5. The number of benzene rings is 1. The zero-order valence-corrected chi connectivity index (χ0v) is 11.2. The Morgan fingerprint density at radius 3 is 2.89 bits per heavy atom. The highest BCUT2D eigenvalue weighted by Crippen LogP contribution is 2.39. The van der Waals surface area contributed by atoms with Gasteiger partial charge in [-0.15, -0.1) is 0 Å². The monoisotopic (exact) mass is 279 g/mol. The molecule has 2 atom stereocenters. The van der Waals surface area contributed by atoms with Crippen LogP contribution in [0.3, 0.4) is 0 Å². The molecule has 0 radical (unpaired) electrons. The van der Waals surface area contributed by atoms with Crippen LogP contribution in [0, 0.1) is 12.8 Å². The van der Waals surface area contributed by atoms with Crippen LogP contribution in [-0.4, -0.2) is 21.2 Å². The van der Waals surface area contributed by atoms with Gasteiger partial charge in [0.1, 0.15) is 0 Å². The molecule has 1 aliphatic rings. The lowest BCUT2D eigenvalue weighted by Gasteiger charge is -2.23. The number of hydrogen-bond acceptors (Lipinski definition) is 2. The second kappa shape index (κ2) is 4.25. The van der Waals surface area contributed by atoms with Crippen LogP contribution in [0.25, 0.3) is 10.9 Å². The van der Waals surface area contributed by atoms with Gasteiger partial charge in [0.2, 0.25) is 0 Å². The number of aliphatic hydroxyl groups is 1. The zero-order chi connectivity index (χ0) is 13.7. The van der Waals surface area contributed by atoms with E-state index >= 15 is 0 Å². The van der Waals surface area contributed by atoms with Gasteiger partial charge >= 0.3 is 5.97 Å². The van der Waals surface area contributed by atoms with E-state index in [1.165, 1.54) is 0 Å². The SMILES string of the molecule is Cc1c(Cl)ccc2c3c([nH]c12)CC(C(=O)O)CC3O. The molecule has 100 valence electrons. The number of aliphatic hydroxyl groups excluding tert-OH is 1. The molecule has 4 nitrogen and oxygen atoms in total. The second-order valence-corrected chi connectivity index (χ2v) is 5.51. The zero-order valence-electron chi connectivity index (χ0n) is 10.4. The van der Waals surface area contributed by atoms with Crippen LogP contribution in [0.4, 0.5) is 0 Å². The van der Waals surface area contributed by atoms with Crippen molar-refractivity contribution in [3.05, 3.63) is 34.0 Å². The van der Waals surface area contributed by atoms with Crippen LogP contribution >= 0.6 is 11.6 Å². The molecule has 1 aromatic carbocycles. The average molecular weight is 280 g/mol. The second-order valence-electron chi connectivity index (χ2n) is 5.10. The number of carboxylic acids is 1. The van der Waals surface area contributed by atoms with Gasteiger partial charge in [-0.3, -0.25) is 4.79 Å². The summed E-state index contributed by atoms with van der Waals surface area (Å²) in [6.45, 7) is 1.91. The molecule has 2 unspecified atom stereocenters. The van der Waals surface area contributed by atoms with Gasteiger partial charge in [-0.1, -0.05) is 17.7 Å². The highest BCUT2D eigenvalue weighted by atomic mass is 35.5. The summed E-state index contributed by atoms with van der Waals surface area (Å²) >= 11 is 6.09. The van der Waals surface area contributed by atoms with Gasteiger partial charge in [0.15, 0.2) is 0 Å². The van der Waals surface area contributed by atoms with Crippen molar-refractivity contribution in [3.63, 3.8) is 0 Å². The van der Waals surface area contributed by atoms with Gasteiger partial charge in [0.05, 0.1) is 17.5 Å². The van der Waals surface area contributed by atoms with Crippen molar-refractivity contribution < 1.29 is 15.0 Å². The minimum atomic E-state index is -0.863. The van der Waals surface area contributed by atoms with Crippen LogP contribution in [-0.2, 0) is 11.2 Å². The van der Waals surface area contributed by atoms with Crippen molar-refractivity contribution in [1.29, 1.82) is 0 Å². The van der Waals surface area contributed by atoms with Crippen LogP contribution < -0.4 is 0 Å². The molecule has 19 heavy (non-hydrogen) atoms. The number of carbonyl (C=O) groups is 1. The van der Waals surface area contributed by atoms with E-state index in [2.05, 4.69) is 4.98 Å². The van der Waals surface area contributed by atoms with Gasteiger partial charge in [-0.2, -0.15) is 0 Å². The Balaban J connectivity index is 2.21. The fourth-order valence-electron chi connectivity index (χ4n) is 2.90. The Kier molecular flexibility index (Phi) is 2.80. The highest BCUT2D eigenvalue weighted by molar-refractivity contribution is 6.32. The molecule has 3 N–H and O–H groups in total. The number of H-pyrrole nitrogens is 1. The molecule has 0 saturated carbocycles. The fourth-order valence-corrected chi connectivity index (χ4v) is 3.06. The summed E-state index contributed by atoms with van der Waals surface area (Å²) in [4.78, 5) is 14.3. The quantitative estimate of drug-likeness (QED) is 0.751. The summed E-state index contributed by atoms with van der Waals surface area (Å²) in [5.74, 6) is -1.40. The summed E-state index contributed by atoms with van der Waals surface area (Å²) in [6.07, 6.45) is -0.0519. The van der Waals surface area contributed by atoms with Gasteiger partial charge in [0.25, 0.3) is 0 Å². The molecule has 0 aliphatic heterocycles. The number of carboxylic acid groups (broad SMARTS) is 1. The Bertz CT molecular complexity index is 677. The summed E-state index contributed by atoms with van der Waals surface area (Å²) in [6, 6.07) is 3.69. The Morgan fingerprint density at radius 2 is 2.21 bits per heavy atom. The molecular formula is C14H14ClNO3. The maximum absolute atomic E-state index is 11.1. The van der Waals surface area contributed by atoms with E-state index < -0.39 is 18.0 Å². The Hall–Kier alpha value is -1.52. The summed E-state index contributed by atoms with van der Waals surface area (Å²) in [7, 11) is 0. The Morgan fingerprint density at radius 1 is 1.47 bits per heavy atom. The number of fused-ring (bicyclic) bond motifs is 3. The van der Waals surface area contributed by atoms with Crippen molar-refractivity contribution in [3.8, 4) is 0 Å². The minimum absolute atomic E-state index is 0.261. The molecule has 2 aromatic rings. The number of halogens is 1. The van der Waals surface area contributed by atoms with E-state index in [-0.39, 0.29) is 6.42 Å². The van der Waals surface area contributed by atoms with E-state index in [1.807, 2.05) is 19.1 Å². The van der Waals surface area contributed by atoms with Gasteiger partial charge < -0.3 is 15.2 Å². The first-order chi connectivity index (χ1) is 8.99. The molecule has 0 spiro atoms. The van der Waals surface area contributed by atoms with Crippen LogP contribution in [0.5, 0.6) is 0 Å². The van der Waals surface area contributed by atoms with Crippen LogP contribution in [0.1, 0.15) is 29.3 Å². The average Bonchev–Trinajstić information content (AvgIpc) is 2.73. The van der Waals surface area contributed by atoms with E-state index in [0.717, 1.165) is 27.7 Å². The predicted molar refractivity (Wildman–Crippen MR) is 72.5 cm³/mol. The van der Waals surface area contributed by atoms with Crippen molar-refractivity contribution in [1.82, 2.24) is 4.98 Å². The number of nitrogens with one attached hydrogen (secondary N) is 1. The topological polar surface area (TPSA) is 73.3 Å². The normalized spacial score (nSPS) is 22.5. The number of aryl methyl sites for hydroxylation is 1. The lowest BCUT2D eigenvalue weighted by Crippen LogP contribution is -2.24. The molecule has 1 aromatic heterocycles. The smallest absolute Gasteiger partial charge is 0.306 e. The predicted octanol–water partition coefficient (Wildman–Crippen LogP) is 2.81. The molecule has 0 bridgehead atoms. The molecule has 1 aliphatic carbocycles. The van der Waals surface area contributed by atoms with Crippen molar-refractivity contribution in [2.24, 2.45) is 5.92 Å². The van der Waals surface area contributed by atoms with Crippen molar-refractivity contribution in [2.45, 2.75) is 25.9 Å². The Labute approximate surface area is 115 Å². The minimum Gasteiger partial charge on any atom is -0.481 e. The van der Waals surface area contributed by atoms with Gasteiger partial charge in [-0.25, -0.2) is 0 Å². The third-order valence-corrected chi connectivity index (χ3v) is 4.34. The number of hydrogen-bond donors (Lipinski definition) is 3. The lowest BCUT2D eigenvalue weighted by molar-refractivity contribution is -0.143. The largest absolute Gasteiger partial charge is 0.481 e. The summed E-state index contributed by atoms with van der Waals surface area (Å²) < 4.78 is 0. The van der Waals surface area contributed by atoms with Crippen LogP contribution in [0.2, 0.25) is 5.02 Å². The maximum Gasteiger partial charge on any atom is 0.306 e.